The van der Waals surface area contributed by atoms with E-state index in [1.165, 1.54) is 0 Å². The molecular formula is C17H15F3N4O2. The third-order valence-corrected chi connectivity index (χ3v) is 4.26. The average molecular weight is 364 g/mol. The molecule has 3 aromatic rings. The summed E-state index contributed by atoms with van der Waals surface area (Å²) >= 11 is 0. The van der Waals surface area contributed by atoms with Gasteiger partial charge in [0.2, 0.25) is 11.7 Å². The Morgan fingerprint density at radius 1 is 1.38 bits per heavy atom. The Morgan fingerprint density at radius 2 is 2.15 bits per heavy atom. The minimum atomic E-state index is -4.69. The highest BCUT2D eigenvalue weighted by atomic mass is 19.4. The summed E-state index contributed by atoms with van der Waals surface area (Å²) < 4.78 is 44.0. The van der Waals surface area contributed by atoms with Crippen molar-refractivity contribution in [1.29, 1.82) is 0 Å². The van der Waals surface area contributed by atoms with E-state index in [0.717, 1.165) is 29.3 Å². The number of amides is 1. The van der Waals surface area contributed by atoms with Gasteiger partial charge in [-0.3, -0.25) is 4.79 Å². The Hall–Kier alpha value is -2.84. The lowest BCUT2D eigenvalue weighted by Crippen LogP contribution is -2.29. The molecule has 2 aromatic heterocycles. The lowest BCUT2D eigenvalue weighted by atomic mass is 10.1. The van der Waals surface area contributed by atoms with Crippen LogP contribution in [0.2, 0.25) is 0 Å². The van der Waals surface area contributed by atoms with Gasteiger partial charge in [0.1, 0.15) is 6.54 Å². The second kappa shape index (κ2) is 5.86. The fourth-order valence-corrected chi connectivity index (χ4v) is 2.86. The number of aryl methyl sites for hydroxylation is 1. The van der Waals surface area contributed by atoms with Gasteiger partial charge in [0.15, 0.2) is 0 Å². The van der Waals surface area contributed by atoms with Crippen LogP contribution in [0, 0.1) is 6.92 Å². The van der Waals surface area contributed by atoms with Gasteiger partial charge in [-0.15, -0.1) is 0 Å². The Bertz CT molecular complexity index is 986. The molecule has 0 radical (unpaired) electrons. The van der Waals surface area contributed by atoms with E-state index in [1.54, 1.807) is 22.8 Å². The molecule has 1 amide bonds. The number of carbonyl (C=O) groups excluding carboxylic acids is 1. The molecule has 1 aliphatic carbocycles. The first-order valence-electron chi connectivity index (χ1n) is 8.11. The molecule has 1 aliphatic rings. The number of nitrogens with zero attached hydrogens (tertiary/aromatic N) is 3. The average Bonchev–Trinajstić information content (AvgIpc) is 3.13. The van der Waals surface area contributed by atoms with Crippen molar-refractivity contribution in [3.05, 3.63) is 35.9 Å². The number of hydrogen-bond acceptors (Lipinski definition) is 4. The normalized spacial score (nSPS) is 14.8. The summed E-state index contributed by atoms with van der Waals surface area (Å²) in [6.45, 7) is 2.05. The zero-order valence-electron chi connectivity index (χ0n) is 13.8. The van der Waals surface area contributed by atoms with Crippen LogP contribution in [0.15, 0.2) is 28.9 Å². The molecule has 1 saturated carbocycles. The van der Waals surface area contributed by atoms with Crippen molar-refractivity contribution in [1.82, 2.24) is 20.0 Å². The molecule has 9 heteroatoms. The summed E-state index contributed by atoms with van der Waals surface area (Å²) in [5, 5.41) is 7.24. The van der Waals surface area contributed by atoms with E-state index in [2.05, 4.69) is 20.0 Å². The molecule has 1 N–H and O–H groups in total. The van der Waals surface area contributed by atoms with Gasteiger partial charge in [0.25, 0.3) is 0 Å². The van der Waals surface area contributed by atoms with Crippen molar-refractivity contribution in [2.24, 2.45) is 0 Å². The number of halogens is 3. The Morgan fingerprint density at radius 3 is 2.81 bits per heavy atom. The maximum Gasteiger partial charge on any atom is 0.471 e. The molecule has 6 nitrogen and oxygen atoms in total. The van der Waals surface area contributed by atoms with Gasteiger partial charge in [-0.2, -0.15) is 18.2 Å². The van der Waals surface area contributed by atoms with Crippen LogP contribution in [-0.4, -0.2) is 26.7 Å². The molecule has 2 heterocycles. The summed E-state index contributed by atoms with van der Waals surface area (Å²) in [5.41, 5.74) is 2.08. The molecule has 0 aliphatic heterocycles. The van der Waals surface area contributed by atoms with E-state index in [9.17, 15) is 18.0 Å². The number of rotatable bonds is 4. The number of carbonyl (C=O) groups is 1. The summed E-state index contributed by atoms with van der Waals surface area (Å²) in [6.07, 6.45) is -0.841. The van der Waals surface area contributed by atoms with Gasteiger partial charge in [0.05, 0.1) is 0 Å². The standard InChI is InChI=1S/C17H15F3N4O2/c1-9-7-24(8-14(25)21-11-3-4-11)13-6-10(2-5-12(9)13)15-22-16(26-23-15)17(18,19)20/h2,5-7,11H,3-4,8H2,1H3,(H,21,25). The molecule has 4 rings (SSSR count). The lowest BCUT2D eigenvalue weighted by molar-refractivity contribution is -0.159. The predicted molar refractivity (Wildman–Crippen MR) is 86.1 cm³/mol. The van der Waals surface area contributed by atoms with Crippen molar-refractivity contribution in [3.8, 4) is 11.4 Å². The molecule has 0 spiro atoms. The maximum absolute atomic E-state index is 12.6. The van der Waals surface area contributed by atoms with Gasteiger partial charge >= 0.3 is 12.1 Å². The van der Waals surface area contributed by atoms with Crippen molar-refractivity contribution in [2.45, 2.75) is 38.5 Å². The fourth-order valence-electron chi connectivity index (χ4n) is 2.86. The van der Waals surface area contributed by atoms with E-state index in [4.69, 9.17) is 0 Å². The molecule has 1 fully saturated rings. The van der Waals surface area contributed by atoms with Crippen LogP contribution >= 0.6 is 0 Å². The van der Waals surface area contributed by atoms with E-state index in [1.807, 2.05) is 13.1 Å². The molecular weight excluding hydrogens is 349 g/mol. The highest BCUT2D eigenvalue weighted by molar-refractivity contribution is 5.89. The number of nitrogens with one attached hydrogen (secondary N) is 1. The van der Waals surface area contributed by atoms with Gasteiger partial charge in [0, 0.05) is 28.7 Å². The first-order valence-corrected chi connectivity index (χ1v) is 8.11. The van der Waals surface area contributed by atoms with Gasteiger partial charge in [-0.25, -0.2) is 0 Å². The summed E-state index contributed by atoms with van der Waals surface area (Å²) in [5.74, 6) is -1.62. The Labute approximate surface area is 146 Å². The topological polar surface area (TPSA) is 73.0 Å². The first kappa shape index (κ1) is 16.6. The van der Waals surface area contributed by atoms with Crippen LogP contribution in [0.4, 0.5) is 13.2 Å². The first-order chi connectivity index (χ1) is 12.3. The zero-order valence-corrected chi connectivity index (χ0v) is 13.8. The third-order valence-electron chi connectivity index (χ3n) is 4.26. The molecule has 0 bridgehead atoms. The molecule has 0 unspecified atom stereocenters. The van der Waals surface area contributed by atoms with Crippen LogP contribution in [0.25, 0.3) is 22.3 Å². The van der Waals surface area contributed by atoms with Crippen molar-refractivity contribution in [2.75, 3.05) is 0 Å². The zero-order chi connectivity index (χ0) is 18.5. The van der Waals surface area contributed by atoms with Gasteiger partial charge in [-0.05, 0) is 31.4 Å². The van der Waals surface area contributed by atoms with E-state index < -0.39 is 12.1 Å². The smallest absolute Gasteiger partial charge is 0.352 e. The summed E-state index contributed by atoms with van der Waals surface area (Å²) in [7, 11) is 0. The maximum atomic E-state index is 12.6. The van der Waals surface area contributed by atoms with Crippen LogP contribution in [-0.2, 0) is 17.5 Å². The van der Waals surface area contributed by atoms with E-state index in [0.29, 0.717) is 5.56 Å². The van der Waals surface area contributed by atoms with Crippen molar-refractivity contribution < 1.29 is 22.5 Å². The summed E-state index contributed by atoms with van der Waals surface area (Å²) in [4.78, 5) is 15.5. The highest BCUT2D eigenvalue weighted by Gasteiger charge is 2.38. The number of benzene rings is 1. The van der Waals surface area contributed by atoms with Crippen LogP contribution in [0.3, 0.4) is 0 Å². The van der Waals surface area contributed by atoms with Crippen molar-refractivity contribution >= 4 is 16.8 Å². The van der Waals surface area contributed by atoms with Crippen LogP contribution in [0.5, 0.6) is 0 Å². The fraction of sp³-hybridized carbons (Fsp3) is 0.353. The number of fused-ring (bicyclic) bond motifs is 1. The summed E-state index contributed by atoms with van der Waals surface area (Å²) in [6, 6.07) is 5.34. The number of aromatic nitrogens is 3. The van der Waals surface area contributed by atoms with Gasteiger partial charge in [-0.1, -0.05) is 17.3 Å². The van der Waals surface area contributed by atoms with E-state index >= 15 is 0 Å². The number of alkyl halides is 3. The van der Waals surface area contributed by atoms with Crippen molar-refractivity contribution in [3.63, 3.8) is 0 Å². The monoisotopic (exact) mass is 364 g/mol. The Kier molecular flexibility index (Phi) is 3.74. The third kappa shape index (κ3) is 3.16. The minimum absolute atomic E-state index is 0.0891. The lowest BCUT2D eigenvalue weighted by Gasteiger charge is -2.07. The SMILES string of the molecule is Cc1cn(CC(=O)NC2CC2)c2cc(-c3noc(C(F)(F)F)n3)ccc12. The molecule has 0 saturated heterocycles. The minimum Gasteiger partial charge on any atom is -0.352 e. The van der Waals surface area contributed by atoms with Crippen LogP contribution < -0.4 is 5.32 Å². The molecule has 136 valence electrons. The van der Waals surface area contributed by atoms with Crippen LogP contribution in [0.1, 0.15) is 24.3 Å². The van der Waals surface area contributed by atoms with E-state index in [-0.39, 0.29) is 24.3 Å². The molecule has 0 atom stereocenters. The number of hydrogen-bond donors (Lipinski definition) is 1. The predicted octanol–water partition coefficient (Wildman–Crippen LogP) is 3.30. The second-order valence-electron chi connectivity index (χ2n) is 6.43. The second-order valence-corrected chi connectivity index (χ2v) is 6.43. The quantitative estimate of drug-likeness (QED) is 0.771. The van der Waals surface area contributed by atoms with Gasteiger partial charge < -0.3 is 14.4 Å². The molecule has 1 aromatic carbocycles. The largest absolute Gasteiger partial charge is 0.471 e. The Balaban J connectivity index is 1.68. The highest BCUT2D eigenvalue weighted by Crippen LogP contribution is 2.31. The molecule has 26 heavy (non-hydrogen) atoms.